The predicted octanol–water partition coefficient (Wildman–Crippen LogP) is 3.51. The molecule has 7 nitrogen and oxygen atoms in total. The number of amides is 2. The first-order valence-electron chi connectivity index (χ1n) is 8.92. The molecule has 0 unspecified atom stereocenters. The van der Waals surface area contributed by atoms with E-state index >= 15 is 0 Å². The summed E-state index contributed by atoms with van der Waals surface area (Å²) >= 11 is 5.81. The number of halogens is 2. The first-order valence-corrected chi connectivity index (χ1v) is 9.30. The fourth-order valence-corrected chi connectivity index (χ4v) is 2.45. The van der Waals surface area contributed by atoms with Gasteiger partial charge in [-0.1, -0.05) is 24.9 Å². The van der Waals surface area contributed by atoms with Gasteiger partial charge < -0.3 is 14.2 Å². The Labute approximate surface area is 173 Å². The van der Waals surface area contributed by atoms with Crippen LogP contribution in [0.1, 0.15) is 30.1 Å². The average Bonchev–Trinajstić information content (AvgIpc) is 2.71. The van der Waals surface area contributed by atoms with Crippen LogP contribution in [-0.4, -0.2) is 32.1 Å². The lowest BCUT2D eigenvalue weighted by Gasteiger charge is -2.13. The second-order valence-corrected chi connectivity index (χ2v) is 6.34. The van der Waals surface area contributed by atoms with Crippen LogP contribution >= 0.6 is 11.6 Å². The SMILES string of the molecule is CCCCOc1ccc(C(=O)NNC(=O)COc2ccc(F)cc2Cl)cc1OC. The summed E-state index contributed by atoms with van der Waals surface area (Å²) in [5.74, 6) is -0.587. The Morgan fingerprint density at radius 3 is 2.48 bits per heavy atom. The minimum atomic E-state index is -0.620. The predicted molar refractivity (Wildman–Crippen MR) is 106 cm³/mol. The number of methoxy groups -OCH3 is 1. The Balaban J connectivity index is 1.86. The van der Waals surface area contributed by atoms with Crippen LogP contribution in [0.2, 0.25) is 5.02 Å². The molecular weight excluding hydrogens is 403 g/mol. The zero-order valence-corrected chi connectivity index (χ0v) is 16.8. The summed E-state index contributed by atoms with van der Waals surface area (Å²) in [6.07, 6.45) is 1.90. The van der Waals surface area contributed by atoms with Gasteiger partial charge in [0.2, 0.25) is 0 Å². The number of benzene rings is 2. The van der Waals surface area contributed by atoms with Crippen LogP contribution in [0.4, 0.5) is 4.39 Å². The summed E-state index contributed by atoms with van der Waals surface area (Å²) in [4.78, 5) is 24.1. The van der Waals surface area contributed by atoms with Gasteiger partial charge in [-0.25, -0.2) is 4.39 Å². The number of nitrogens with one attached hydrogen (secondary N) is 2. The number of carbonyl (C=O) groups excluding carboxylic acids is 2. The van der Waals surface area contributed by atoms with Gasteiger partial charge in [-0.3, -0.25) is 20.4 Å². The van der Waals surface area contributed by atoms with E-state index in [4.69, 9.17) is 25.8 Å². The van der Waals surface area contributed by atoms with Gasteiger partial charge in [-0.15, -0.1) is 0 Å². The minimum Gasteiger partial charge on any atom is -0.493 e. The Kier molecular flexibility index (Phi) is 8.54. The largest absolute Gasteiger partial charge is 0.493 e. The summed E-state index contributed by atoms with van der Waals surface area (Å²) in [5, 5.41) is 0.0372. The number of hydrogen-bond acceptors (Lipinski definition) is 5. The van der Waals surface area contributed by atoms with E-state index in [9.17, 15) is 14.0 Å². The molecule has 0 aliphatic rings. The van der Waals surface area contributed by atoms with Crippen LogP contribution in [0, 0.1) is 5.82 Å². The van der Waals surface area contributed by atoms with Crippen molar-refractivity contribution in [3.63, 3.8) is 0 Å². The molecule has 2 aromatic rings. The zero-order valence-electron chi connectivity index (χ0n) is 16.1. The topological polar surface area (TPSA) is 85.9 Å². The Hall–Kier alpha value is -3.00. The van der Waals surface area contributed by atoms with Gasteiger partial charge >= 0.3 is 0 Å². The number of hydrazine groups is 1. The molecule has 2 aromatic carbocycles. The van der Waals surface area contributed by atoms with Gasteiger partial charge in [0.05, 0.1) is 18.7 Å². The quantitative estimate of drug-likeness (QED) is 0.475. The molecule has 2 rings (SSSR count). The third-order valence-electron chi connectivity index (χ3n) is 3.75. The standard InChI is InChI=1S/C20H22ClFN2O5/c1-3-4-9-28-17-7-5-13(10-18(17)27-2)20(26)24-23-19(25)12-29-16-8-6-14(22)11-15(16)21/h5-8,10-11H,3-4,9,12H2,1-2H3,(H,23,25)(H,24,26). The number of rotatable bonds is 9. The van der Waals surface area contributed by atoms with Crippen LogP contribution < -0.4 is 25.1 Å². The van der Waals surface area contributed by atoms with Gasteiger partial charge in [0.1, 0.15) is 11.6 Å². The van der Waals surface area contributed by atoms with Crippen molar-refractivity contribution in [2.24, 2.45) is 0 Å². The van der Waals surface area contributed by atoms with E-state index in [1.165, 1.54) is 19.2 Å². The van der Waals surface area contributed by atoms with Crippen LogP contribution in [0.3, 0.4) is 0 Å². The van der Waals surface area contributed by atoms with Crippen LogP contribution in [0.5, 0.6) is 17.2 Å². The summed E-state index contributed by atoms with van der Waals surface area (Å²) in [6, 6.07) is 8.23. The monoisotopic (exact) mass is 424 g/mol. The van der Waals surface area contributed by atoms with Crippen molar-refractivity contribution < 1.29 is 28.2 Å². The highest BCUT2D eigenvalue weighted by Crippen LogP contribution is 2.28. The van der Waals surface area contributed by atoms with E-state index < -0.39 is 24.2 Å². The highest BCUT2D eigenvalue weighted by Gasteiger charge is 2.13. The summed E-state index contributed by atoms with van der Waals surface area (Å²) in [6.45, 7) is 2.19. The molecule has 2 N–H and O–H groups in total. The van der Waals surface area contributed by atoms with Gasteiger partial charge in [-0.05, 0) is 42.8 Å². The smallest absolute Gasteiger partial charge is 0.276 e. The Morgan fingerprint density at radius 2 is 1.79 bits per heavy atom. The molecular formula is C20H22ClFN2O5. The van der Waals surface area contributed by atoms with Gasteiger partial charge in [0.15, 0.2) is 18.1 Å². The molecule has 0 saturated carbocycles. The van der Waals surface area contributed by atoms with E-state index in [1.54, 1.807) is 12.1 Å². The third kappa shape index (κ3) is 6.83. The highest BCUT2D eigenvalue weighted by atomic mass is 35.5. The molecule has 29 heavy (non-hydrogen) atoms. The van der Waals surface area contributed by atoms with Gasteiger partial charge in [-0.2, -0.15) is 0 Å². The number of carbonyl (C=O) groups is 2. The van der Waals surface area contributed by atoms with E-state index in [2.05, 4.69) is 17.8 Å². The number of unbranched alkanes of at least 4 members (excludes halogenated alkanes) is 1. The maximum Gasteiger partial charge on any atom is 0.276 e. The van der Waals surface area contributed by atoms with E-state index in [-0.39, 0.29) is 16.3 Å². The van der Waals surface area contributed by atoms with Crippen molar-refractivity contribution in [2.75, 3.05) is 20.3 Å². The van der Waals surface area contributed by atoms with E-state index in [0.717, 1.165) is 25.0 Å². The van der Waals surface area contributed by atoms with Crippen LogP contribution in [-0.2, 0) is 4.79 Å². The second-order valence-electron chi connectivity index (χ2n) is 5.93. The van der Waals surface area contributed by atoms with Crippen molar-refractivity contribution in [1.29, 1.82) is 0 Å². The van der Waals surface area contributed by atoms with E-state index in [1.807, 2.05) is 0 Å². The molecule has 0 heterocycles. The molecule has 0 fully saturated rings. The molecule has 0 bridgehead atoms. The summed E-state index contributed by atoms with van der Waals surface area (Å²) in [5.41, 5.74) is 4.77. The van der Waals surface area contributed by atoms with Crippen molar-refractivity contribution in [1.82, 2.24) is 10.9 Å². The molecule has 156 valence electrons. The molecule has 0 aromatic heterocycles. The number of ether oxygens (including phenoxy) is 3. The molecule has 9 heteroatoms. The van der Waals surface area contributed by atoms with Crippen molar-refractivity contribution in [3.05, 3.63) is 52.8 Å². The Bertz CT molecular complexity index is 863. The third-order valence-corrected chi connectivity index (χ3v) is 4.04. The zero-order chi connectivity index (χ0) is 21.2. The maximum atomic E-state index is 13.0. The minimum absolute atomic E-state index is 0.0372. The summed E-state index contributed by atoms with van der Waals surface area (Å²) < 4.78 is 29.0. The lowest BCUT2D eigenvalue weighted by Crippen LogP contribution is -2.43. The second kappa shape index (κ2) is 11.1. The highest BCUT2D eigenvalue weighted by molar-refractivity contribution is 6.32. The normalized spacial score (nSPS) is 10.2. The molecule has 0 radical (unpaired) electrons. The van der Waals surface area contributed by atoms with Gasteiger partial charge in [0, 0.05) is 5.56 Å². The van der Waals surface area contributed by atoms with Crippen LogP contribution in [0.15, 0.2) is 36.4 Å². The first kappa shape index (κ1) is 22.3. The van der Waals surface area contributed by atoms with Gasteiger partial charge in [0.25, 0.3) is 11.8 Å². The molecule has 0 spiro atoms. The molecule has 0 aliphatic heterocycles. The van der Waals surface area contributed by atoms with Crippen LogP contribution in [0.25, 0.3) is 0 Å². The lowest BCUT2D eigenvalue weighted by molar-refractivity contribution is -0.123. The Morgan fingerprint density at radius 1 is 1.03 bits per heavy atom. The maximum absolute atomic E-state index is 13.0. The molecule has 2 amide bonds. The fourth-order valence-electron chi connectivity index (χ4n) is 2.22. The van der Waals surface area contributed by atoms with Crippen molar-refractivity contribution in [2.45, 2.75) is 19.8 Å². The van der Waals surface area contributed by atoms with Crippen molar-refractivity contribution in [3.8, 4) is 17.2 Å². The van der Waals surface area contributed by atoms with E-state index in [0.29, 0.717) is 18.1 Å². The molecule has 0 aliphatic carbocycles. The first-order chi connectivity index (χ1) is 13.9. The number of hydrogen-bond donors (Lipinski definition) is 2. The molecule has 0 atom stereocenters. The lowest BCUT2D eigenvalue weighted by atomic mass is 10.2. The summed E-state index contributed by atoms with van der Waals surface area (Å²) in [7, 11) is 1.48. The average molecular weight is 425 g/mol. The fraction of sp³-hybridized carbons (Fsp3) is 0.300. The molecule has 0 saturated heterocycles. The van der Waals surface area contributed by atoms with Crippen molar-refractivity contribution >= 4 is 23.4 Å².